The number of pyridine rings is 1. The highest BCUT2D eigenvalue weighted by Crippen LogP contribution is 2.31. The number of carbonyl (C=O) groups is 1. The number of aromatic hydroxyl groups is 1. The average molecular weight is 314 g/mol. The molecule has 4 rings (SSSR count). The fourth-order valence-electron chi connectivity index (χ4n) is 3.53. The van der Waals surface area contributed by atoms with Crippen LogP contribution >= 0.6 is 0 Å². The summed E-state index contributed by atoms with van der Waals surface area (Å²) >= 11 is 0. The van der Waals surface area contributed by atoms with Crippen molar-refractivity contribution in [1.29, 1.82) is 0 Å². The SMILES string of the molecule is O=C(NC[C@H]1CCCO1)c1c(O)c2cccc3c2n(c1=O)CC3. The van der Waals surface area contributed by atoms with Crippen molar-refractivity contribution in [3.05, 3.63) is 39.7 Å². The first-order valence-corrected chi connectivity index (χ1v) is 7.94. The molecule has 3 heterocycles. The summed E-state index contributed by atoms with van der Waals surface area (Å²) in [4.78, 5) is 25.0. The molecule has 1 aromatic heterocycles. The molecule has 2 N–H and O–H groups in total. The Kier molecular flexibility index (Phi) is 3.34. The van der Waals surface area contributed by atoms with E-state index in [0.29, 0.717) is 25.1 Å². The van der Waals surface area contributed by atoms with Gasteiger partial charge in [0.2, 0.25) is 0 Å². The topological polar surface area (TPSA) is 80.6 Å². The third-order valence-corrected chi connectivity index (χ3v) is 4.69. The van der Waals surface area contributed by atoms with Crippen LogP contribution in [0.25, 0.3) is 10.9 Å². The van der Waals surface area contributed by atoms with Crippen LogP contribution in [-0.4, -0.2) is 34.8 Å². The number of aryl methyl sites for hydroxylation is 2. The number of amides is 1. The largest absolute Gasteiger partial charge is 0.506 e. The lowest BCUT2D eigenvalue weighted by Gasteiger charge is -2.13. The number of hydrogen-bond donors (Lipinski definition) is 2. The normalized spacial score (nSPS) is 19.4. The van der Waals surface area contributed by atoms with E-state index in [2.05, 4.69) is 5.32 Å². The number of hydrogen-bond acceptors (Lipinski definition) is 4. The fourth-order valence-corrected chi connectivity index (χ4v) is 3.53. The van der Waals surface area contributed by atoms with E-state index in [9.17, 15) is 14.7 Å². The molecule has 0 unspecified atom stereocenters. The summed E-state index contributed by atoms with van der Waals surface area (Å²) in [6.07, 6.45) is 2.62. The number of carbonyl (C=O) groups excluding carboxylic acids is 1. The predicted molar refractivity (Wildman–Crippen MR) is 84.9 cm³/mol. The van der Waals surface area contributed by atoms with Gasteiger partial charge in [-0.25, -0.2) is 0 Å². The molecule has 6 heteroatoms. The molecule has 2 aromatic rings. The third kappa shape index (κ3) is 2.21. The Morgan fingerprint density at radius 3 is 3.09 bits per heavy atom. The Balaban J connectivity index is 1.73. The van der Waals surface area contributed by atoms with E-state index in [1.165, 1.54) is 0 Å². The molecule has 0 spiro atoms. The van der Waals surface area contributed by atoms with Gasteiger partial charge in [0.25, 0.3) is 11.5 Å². The van der Waals surface area contributed by atoms with Crippen LogP contribution in [0.15, 0.2) is 23.0 Å². The van der Waals surface area contributed by atoms with Crippen LogP contribution in [0.3, 0.4) is 0 Å². The summed E-state index contributed by atoms with van der Waals surface area (Å²) < 4.78 is 7.05. The van der Waals surface area contributed by atoms with Crippen LogP contribution in [0.5, 0.6) is 5.75 Å². The number of benzene rings is 1. The number of para-hydroxylation sites is 1. The lowest BCUT2D eigenvalue weighted by Crippen LogP contribution is -2.36. The van der Waals surface area contributed by atoms with Crippen LogP contribution in [0.4, 0.5) is 0 Å². The molecule has 1 aromatic carbocycles. The van der Waals surface area contributed by atoms with Crippen molar-refractivity contribution in [1.82, 2.24) is 9.88 Å². The standard InChI is InChI=1S/C17H18N2O4/c20-15-12-5-1-3-10-6-7-19(14(10)12)17(22)13(15)16(21)18-9-11-4-2-8-23-11/h1,3,5,11,20H,2,4,6-9H2,(H,18,21)/t11-/m1/s1. The van der Waals surface area contributed by atoms with E-state index in [0.717, 1.165) is 30.3 Å². The molecule has 0 saturated carbocycles. The molecule has 0 aliphatic carbocycles. The number of nitrogens with zero attached hydrogens (tertiary/aromatic N) is 1. The van der Waals surface area contributed by atoms with E-state index in [1.807, 2.05) is 12.1 Å². The summed E-state index contributed by atoms with van der Waals surface area (Å²) in [6.45, 7) is 1.61. The molecule has 1 fully saturated rings. The predicted octanol–water partition coefficient (Wildman–Crippen LogP) is 1.17. The van der Waals surface area contributed by atoms with Crippen molar-refractivity contribution in [3.8, 4) is 5.75 Å². The van der Waals surface area contributed by atoms with Crippen LogP contribution in [0, 0.1) is 0 Å². The maximum atomic E-state index is 12.6. The smallest absolute Gasteiger partial charge is 0.267 e. The second kappa shape index (κ2) is 5.38. The highest BCUT2D eigenvalue weighted by Gasteiger charge is 2.26. The number of rotatable bonds is 3. The van der Waals surface area contributed by atoms with Crippen LogP contribution in [0.2, 0.25) is 0 Å². The van der Waals surface area contributed by atoms with Crippen molar-refractivity contribution in [3.63, 3.8) is 0 Å². The van der Waals surface area contributed by atoms with Gasteiger partial charge in [-0.2, -0.15) is 0 Å². The van der Waals surface area contributed by atoms with E-state index >= 15 is 0 Å². The number of nitrogens with one attached hydrogen (secondary N) is 1. The van der Waals surface area contributed by atoms with Crippen LogP contribution < -0.4 is 10.9 Å². The molecular formula is C17H18N2O4. The fraction of sp³-hybridized carbons (Fsp3) is 0.412. The van der Waals surface area contributed by atoms with E-state index in [4.69, 9.17) is 4.74 Å². The first-order chi connectivity index (χ1) is 11.2. The first kappa shape index (κ1) is 14.3. The maximum Gasteiger partial charge on any atom is 0.267 e. The Labute approximate surface area is 132 Å². The van der Waals surface area contributed by atoms with Crippen LogP contribution in [0.1, 0.15) is 28.8 Å². The van der Waals surface area contributed by atoms with Crippen molar-refractivity contribution >= 4 is 16.8 Å². The zero-order valence-electron chi connectivity index (χ0n) is 12.7. The number of aromatic nitrogens is 1. The molecule has 1 amide bonds. The van der Waals surface area contributed by atoms with Gasteiger partial charge in [-0.1, -0.05) is 12.1 Å². The highest BCUT2D eigenvalue weighted by atomic mass is 16.5. The monoisotopic (exact) mass is 314 g/mol. The Morgan fingerprint density at radius 1 is 1.43 bits per heavy atom. The van der Waals surface area contributed by atoms with Gasteiger partial charge >= 0.3 is 0 Å². The molecule has 23 heavy (non-hydrogen) atoms. The van der Waals surface area contributed by atoms with Crippen molar-refractivity contribution in [2.75, 3.05) is 13.2 Å². The summed E-state index contributed by atoms with van der Waals surface area (Å²) in [5, 5.41) is 13.7. The molecule has 2 aliphatic rings. The highest BCUT2D eigenvalue weighted by molar-refractivity contribution is 6.03. The van der Waals surface area contributed by atoms with E-state index < -0.39 is 11.5 Å². The molecule has 6 nitrogen and oxygen atoms in total. The van der Waals surface area contributed by atoms with Gasteiger partial charge < -0.3 is 19.7 Å². The summed E-state index contributed by atoms with van der Waals surface area (Å²) in [7, 11) is 0. The maximum absolute atomic E-state index is 12.6. The molecule has 2 aliphatic heterocycles. The zero-order valence-corrected chi connectivity index (χ0v) is 12.7. The molecule has 120 valence electrons. The summed E-state index contributed by atoms with van der Waals surface area (Å²) in [5.74, 6) is -0.763. The van der Waals surface area contributed by atoms with E-state index in [1.54, 1.807) is 10.6 Å². The van der Waals surface area contributed by atoms with E-state index in [-0.39, 0.29) is 17.4 Å². The molecule has 1 atom stereocenters. The minimum Gasteiger partial charge on any atom is -0.506 e. The Bertz CT molecular complexity index is 850. The lowest BCUT2D eigenvalue weighted by molar-refractivity contribution is 0.0854. The van der Waals surface area contributed by atoms with Crippen molar-refractivity contribution in [2.45, 2.75) is 31.9 Å². The average Bonchev–Trinajstić information content (AvgIpc) is 3.21. The van der Waals surface area contributed by atoms with Crippen molar-refractivity contribution < 1.29 is 14.6 Å². The van der Waals surface area contributed by atoms with Gasteiger partial charge in [-0.15, -0.1) is 0 Å². The van der Waals surface area contributed by atoms with Crippen LogP contribution in [-0.2, 0) is 17.7 Å². The van der Waals surface area contributed by atoms with Gasteiger partial charge in [0.1, 0.15) is 11.3 Å². The second-order valence-electron chi connectivity index (χ2n) is 6.09. The second-order valence-corrected chi connectivity index (χ2v) is 6.09. The van der Waals surface area contributed by atoms with Gasteiger partial charge in [-0.3, -0.25) is 9.59 Å². The van der Waals surface area contributed by atoms with Gasteiger partial charge in [0, 0.05) is 25.1 Å². The Hall–Kier alpha value is -2.34. The quantitative estimate of drug-likeness (QED) is 0.891. The summed E-state index contributed by atoms with van der Waals surface area (Å²) in [6, 6.07) is 5.53. The lowest BCUT2D eigenvalue weighted by atomic mass is 10.1. The molecule has 0 bridgehead atoms. The third-order valence-electron chi connectivity index (χ3n) is 4.69. The molecule has 0 radical (unpaired) electrons. The molecular weight excluding hydrogens is 296 g/mol. The van der Waals surface area contributed by atoms with Gasteiger partial charge in [-0.05, 0) is 30.9 Å². The zero-order chi connectivity index (χ0) is 16.0. The van der Waals surface area contributed by atoms with Gasteiger partial charge in [0.05, 0.1) is 11.6 Å². The van der Waals surface area contributed by atoms with Crippen molar-refractivity contribution in [2.24, 2.45) is 0 Å². The number of ether oxygens (including phenoxy) is 1. The minimum atomic E-state index is -0.536. The minimum absolute atomic E-state index is 0.00828. The van der Waals surface area contributed by atoms with Gasteiger partial charge in [0.15, 0.2) is 0 Å². The first-order valence-electron chi connectivity index (χ1n) is 7.94. The molecule has 1 saturated heterocycles. The Morgan fingerprint density at radius 2 is 2.30 bits per heavy atom. The summed E-state index contributed by atoms with van der Waals surface area (Å²) in [5.41, 5.74) is 1.17.